The summed E-state index contributed by atoms with van der Waals surface area (Å²) in [5.41, 5.74) is 2.09. The first-order valence-electron chi connectivity index (χ1n) is 6.78. The van der Waals surface area contributed by atoms with E-state index in [9.17, 15) is 9.59 Å². The van der Waals surface area contributed by atoms with Crippen LogP contribution in [0.2, 0.25) is 0 Å². The lowest BCUT2D eigenvalue weighted by Crippen LogP contribution is -2.35. The minimum atomic E-state index is -0.289. The number of rotatable bonds is 7. The number of hydrogen-bond donors (Lipinski definition) is 3. The van der Waals surface area contributed by atoms with E-state index in [0.29, 0.717) is 6.54 Å². The van der Waals surface area contributed by atoms with Crippen molar-refractivity contribution in [2.75, 3.05) is 20.1 Å². The average Bonchev–Trinajstić information content (AvgIpc) is 2.38. The number of hydrogen-bond acceptors (Lipinski definition) is 3. The van der Waals surface area contributed by atoms with Gasteiger partial charge in [-0.15, -0.1) is 0 Å². The van der Waals surface area contributed by atoms with E-state index >= 15 is 0 Å². The Kier molecular flexibility index (Phi) is 6.73. The number of nitrogens with one attached hydrogen (secondary N) is 3. The molecule has 0 radical (unpaired) electrons. The fourth-order valence-electron chi connectivity index (χ4n) is 1.88. The van der Waals surface area contributed by atoms with E-state index < -0.39 is 0 Å². The molecule has 2 amide bonds. The van der Waals surface area contributed by atoms with Crippen LogP contribution in [0.4, 0.5) is 0 Å². The van der Waals surface area contributed by atoms with Crippen LogP contribution in [0.1, 0.15) is 30.5 Å². The number of carbonyl (C=O) groups is 2. The van der Waals surface area contributed by atoms with Crippen LogP contribution in [-0.2, 0) is 9.59 Å². The van der Waals surface area contributed by atoms with Crippen molar-refractivity contribution < 1.29 is 9.59 Å². The predicted octanol–water partition coefficient (Wildman–Crippen LogP) is 0.898. The van der Waals surface area contributed by atoms with Gasteiger partial charge in [-0.25, -0.2) is 0 Å². The Morgan fingerprint density at radius 2 is 1.80 bits per heavy atom. The highest BCUT2D eigenvalue weighted by molar-refractivity contribution is 5.79. The zero-order valence-electron chi connectivity index (χ0n) is 12.3. The minimum absolute atomic E-state index is 0.0698. The largest absolute Gasteiger partial charge is 0.355 e. The highest BCUT2D eigenvalue weighted by atomic mass is 16.2. The molecule has 3 N–H and O–H groups in total. The molecule has 0 aromatic heterocycles. The fourth-order valence-corrected chi connectivity index (χ4v) is 1.88. The van der Waals surface area contributed by atoms with Crippen LogP contribution in [0.5, 0.6) is 0 Å². The molecule has 1 aromatic rings. The molecule has 1 rings (SSSR count). The monoisotopic (exact) mass is 277 g/mol. The second-order valence-corrected chi connectivity index (χ2v) is 4.82. The molecule has 1 atom stereocenters. The van der Waals surface area contributed by atoms with Gasteiger partial charge >= 0.3 is 0 Å². The number of aryl methyl sites for hydroxylation is 1. The van der Waals surface area contributed by atoms with Crippen molar-refractivity contribution in [3.63, 3.8) is 0 Å². The molecule has 110 valence electrons. The normalized spacial score (nSPS) is 11.8. The Morgan fingerprint density at radius 3 is 2.35 bits per heavy atom. The zero-order valence-corrected chi connectivity index (χ0v) is 12.3. The number of benzene rings is 1. The lowest BCUT2D eigenvalue weighted by atomic mass is 10.0. The van der Waals surface area contributed by atoms with Crippen molar-refractivity contribution in [3.8, 4) is 0 Å². The third kappa shape index (κ3) is 5.84. The van der Waals surface area contributed by atoms with E-state index in [2.05, 4.69) is 16.0 Å². The van der Waals surface area contributed by atoms with Gasteiger partial charge in [0.2, 0.25) is 11.8 Å². The van der Waals surface area contributed by atoms with Crippen LogP contribution < -0.4 is 16.0 Å². The van der Waals surface area contributed by atoms with E-state index in [0.717, 1.165) is 17.7 Å². The molecule has 1 aromatic carbocycles. The van der Waals surface area contributed by atoms with Crippen molar-refractivity contribution in [3.05, 3.63) is 35.4 Å². The summed E-state index contributed by atoms with van der Waals surface area (Å²) in [6.45, 7) is 4.76. The lowest BCUT2D eigenvalue weighted by Gasteiger charge is -2.18. The van der Waals surface area contributed by atoms with E-state index in [1.54, 1.807) is 0 Å². The molecule has 5 heteroatoms. The molecular formula is C15H23N3O2. The lowest BCUT2D eigenvalue weighted by molar-refractivity contribution is -0.122. The quantitative estimate of drug-likeness (QED) is 0.649. The van der Waals surface area contributed by atoms with Crippen LogP contribution in [-0.4, -0.2) is 32.0 Å². The molecule has 0 saturated heterocycles. The Bertz CT molecular complexity index is 443. The van der Waals surface area contributed by atoms with Gasteiger partial charge in [0.05, 0.1) is 12.5 Å². The topological polar surface area (TPSA) is 70.2 Å². The maximum Gasteiger partial charge on any atom is 0.222 e. The predicted molar refractivity (Wildman–Crippen MR) is 79.3 cm³/mol. The molecular weight excluding hydrogens is 254 g/mol. The molecule has 0 spiro atoms. The van der Waals surface area contributed by atoms with Crippen molar-refractivity contribution in [2.45, 2.75) is 26.3 Å². The van der Waals surface area contributed by atoms with E-state index in [1.165, 1.54) is 6.92 Å². The molecule has 0 aliphatic carbocycles. The Morgan fingerprint density at radius 1 is 1.15 bits per heavy atom. The van der Waals surface area contributed by atoms with Crippen LogP contribution in [0.15, 0.2) is 24.3 Å². The minimum Gasteiger partial charge on any atom is -0.355 e. The van der Waals surface area contributed by atoms with Crippen LogP contribution in [0, 0.1) is 6.92 Å². The summed E-state index contributed by atoms with van der Waals surface area (Å²) in [7, 11) is 1.83. The maximum atomic E-state index is 11.9. The first-order valence-corrected chi connectivity index (χ1v) is 6.78. The van der Waals surface area contributed by atoms with E-state index in [4.69, 9.17) is 0 Å². The van der Waals surface area contributed by atoms with Gasteiger partial charge in [0.1, 0.15) is 0 Å². The van der Waals surface area contributed by atoms with Gasteiger partial charge < -0.3 is 16.0 Å². The van der Waals surface area contributed by atoms with Gasteiger partial charge in [-0.05, 0) is 19.5 Å². The van der Waals surface area contributed by atoms with Crippen LogP contribution in [0.25, 0.3) is 0 Å². The summed E-state index contributed by atoms with van der Waals surface area (Å²) in [5, 5.41) is 8.60. The van der Waals surface area contributed by atoms with Gasteiger partial charge in [-0.1, -0.05) is 29.8 Å². The summed E-state index contributed by atoms with van der Waals surface area (Å²) in [5.74, 6) is -0.210. The molecule has 0 aliphatic heterocycles. The molecule has 20 heavy (non-hydrogen) atoms. The summed E-state index contributed by atoms with van der Waals surface area (Å²) in [6.07, 6.45) is 0.242. The molecule has 5 nitrogen and oxygen atoms in total. The molecule has 0 saturated carbocycles. The summed E-state index contributed by atoms with van der Waals surface area (Å²) >= 11 is 0. The summed E-state index contributed by atoms with van der Waals surface area (Å²) < 4.78 is 0. The van der Waals surface area contributed by atoms with Crippen LogP contribution in [0.3, 0.4) is 0 Å². The molecule has 0 aliphatic rings. The van der Waals surface area contributed by atoms with E-state index in [1.807, 2.05) is 38.2 Å². The second kappa shape index (κ2) is 8.32. The fraction of sp³-hybridized carbons (Fsp3) is 0.467. The SMILES string of the molecule is CNCCNC(=O)CC(NC(C)=O)c1ccc(C)cc1. The third-order valence-corrected chi connectivity index (χ3v) is 2.94. The van der Waals surface area contributed by atoms with Crippen molar-refractivity contribution in [1.29, 1.82) is 0 Å². The number of carbonyl (C=O) groups excluding carboxylic acids is 2. The standard InChI is InChI=1S/C15H23N3O2/c1-11-4-6-13(7-5-11)14(18-12(2)19)10-15(20)17-9-8-16-3/h4-7,14,16H,8-10H2,1-3H3,(H,17,20)(H,18,19). The van der Waals surface area contributed by atoms with Gasteiger partial charge in [0, 0.05) is 20.0 Å². The van der Waals surface area contributed by atoms with Gasteiger partial charge in [0.25, 0.3) is 0 Å². The highest BCUT2D eigenvalue weighted by Crippen LogP contribution is 2.17. The van der Waals surface area contributed by atoms with Crippen molar-refractivity contribution >= 4 is 11.8 Å². The first-order chi connectivity index (χ1) is 9.52. The third-order valence-electron chi connectivity index (χ3n) is 2.94. The first kappa shape index (κ1) is 16.2. The highest BCUT2D eigenvalue weighted by Gasteiger charge is 2.16. The van der Waals surface area contributed by atoms with Crippen molar-refractivity contribution in [1.82, 2.24) is 16.0 Å². The summed E-state index contributed by atoms with van der Waals surface area (Å²) in [6, 6.07) is 7.54. The second-order valence-electron chi connectivity index (χ2n) is 4.82. The Labute approximate surface area is 120 Å². The zero-order chi connectivity index (χ0) is 15.0. The molecule has 0 heterocycles. The number of likely N-dealkylation sites (N-methyl/N-ethyl adjacent to an activating group) is 1. The Balaban J connectivity index is 2.67. The van der Waals surface area contributed by atoms with Gasteiger partial charge in [-0.2, -0.15) is 0 Å². The molecule has 1 unspecified atom stereocenters. The van der Waals surface area contributed by atoms with Crippen molar-refractivity contribution in [2.24, 2.45) is 0 Å². The average molecular weight is 277 g/mol. The molecule has 0 fully saturated rings. The number of amides is 2. The molecule has 0 bridgehead atoms. The van der Waals surface area contributed by atoms with E-state index in [-0.39, 0.29) is 24.3 Å². The Hall–Kier alpha value is -1.88. The summed E-state index contributed by atoms with van der Waals surface area (Å²) in [4.78, 5) is 23.1. The smallest absolute Gasteiger partial charge is 0.222 e. The van der Waals surface area contributed by atoms with Gasteiger partial charge in [-0.3, -0.25) is 9.59 Å². The maximum absolute atomic E-state index is 11.9. The van der Waals surface area contributed by atoms with Crippen LogP contribution >= 0.6 is 0 Å². The van der Waals surface area contributed by atoms with Gasteiger partial charge in [0.15, 0.2) is 0 Å².